The van der Waals surface area contributed by atoms with E-state index in [1.807, 2.05) is 38.1 Å². The monoisotopic (exact) mass is 287 g/mol. The number of rotatable bonds is 5. The molecule has 0 saturated heterocycles. The first-order valence-electron chi connectivity index (χ1n) is 7.36. The first-order valence-corrected chi connectivity index (χ1v) is 7.36. The third-order valence-corrected chi connectivity index (χ3v) is 3.91. The van der Waals surface area contributed by atoms with E-state index < -0.39 is 5.54 Å². The number of benzene rings is 1. The lowest BCUT2D eigenvalue weighted by Gasteiger charge is -2.29. The van der Waals surface area contributed by atoms with Gasteiger partial charge in [0.2, 0.25) is 0 Å². The highest BCUT2D eigenvalue weighted by molar-refractivity contribution is 5.53. The van der Waals surface area contributed by atoms with Gasteiger partial charge in [-0.05, 0) is 45.2 Å². The van der Waals surface area contributed by atoms with Crippen LogP contribution in [0.4, 0.5) is 0 Å². The molecule has 2 aromatic rings. The number of nitrogens with zero attached hydrogens (tertiary/aromatic N) is 2. The first kappa shape index (κ1) is 14.2. The van der Waals surface area contributed by atoms with Crippen molar-refractivity contribution in [3.63, 3.8) is 0 Å². The van der Waals surface area contributed by atoms with E-state index >= 15 is 0 Å². The van der Waals surface area contributed by atoms with Crippen LogP contribution in [0.3, 0.4) is 0 Å². The maximum atomic E-state index is 6.27. The third-order valence-electron chi connectivity index (χ3n) is 3.91. The Morgan fingerprint density at radius 2 is 2.05 bits per heavy atom. The molecule has 0 spiro atoms. The summed E-state index contributed by atoms with van der Waals surface area (Å²) < 4.78 is 11.1. The van der Waals surface area contributed by atoms with Crippen molar-refractivity contribution in [1.29, 1.82) is 0 Å². The molecule has 1 heterocycles. The van der Waals surface area contributed by atoms with Crippen LogP contribution in [0.25, 0.3) is 11.5 Å². The number of hydrogen-bond donors (Lipinski definition) is 1. The van der Waals surface area contributed by atoms with Gasteiger partial charge in [0, 0.05) is 5.56 Å². The highest BCUT2D eigenvalue weighted by atomic mass is 16.5. The van der Waals surface area contributed by atoms with Crippen LogP contribution >= 0.6 is 0 Å². The van der Waals surface area contributed by atoms with E-state index in [1.54, 1.807) is 0 Å². The summed E-state index contributed by atoms with van der Waals surface area (Å²) in [5.74, 6) is 0.975. The Labute approximate surface area is 124 Å². The average Bonchev–Trinajstić information content (AvgIpc) is 2.88. The molecule has 1 atom stereocenters. The molecular weight excluding hydrogens is 266 g/mol. The fraction of sp³-hybridized carbons (Fsp3) is 0.500. The molecule has 5 heteroatoms. The van der Waals surface area contributed by atoms with Crippen molar-refractivity contribution in [2.75, 3.05) is 6.61 Å². The summed E-state index contributed by atoms with van der Waals surface area (Å²) in [4.78, 5) is 4.42. The standard InChI is InChI=1S/C16H21N3O2/c1-11-6-8-12(9-7-11)14-18-15(19-21-14)16(2,17)10-20-13-4-3-5-13/h6-9,13H,3-5,10,17H2,1-2H3. The zero-order valence-electron chi connectivity index (χ0n) is 12.5. The van der Waals surface area contributed by atoms with Gasteiger partial charge in [0.15, 0.2) is 5.82 Å². The number of ether oxygens (including phenoxy) is 1. The van der Waals surface area contributed by atoms with E-state index in [9.17, 15) is 0 Å². The van der Waals surface area contributed by atoms with E-state index in [-0.39, 0.29) is 0 Å². The van der Waals surface area contributed by atoms with E-state index in [2.05, 4.69) is 10.1 Å². The number of aromatic nitrogens is 2. The highest BCUT2D eigenvalue weighted by Gasteiger charge is 2.30. The molecule has 1 fully saturated rings. The largest absolute Gasteiger partial charge is 0.376 e. The predicted molar refractivity (Wildman–Crippen MR) is 79.6 cm³/mol. The van der Waals surface area contributed by atoms with Crippen molar-refractivity contribution >= 4 is 0 Å². The zero-order valence-corrected chi connectivity index (χ0v) is 12.5. The summed E-state index contributed by atoms with van der Waals surface area (Å²) in [6.45, 7) is 4.32. The van der Waals surface area contributed by atoms with Gasteiger partial charge in [0.25, 0.3) is 5.89 Å². The van der Waals surface area contributed by atoms with Crippen LogP contribution < -0.4 is 5.73 Å². The zero-order chi connectivity index (χ0) is 14.9. The van der Waals surface area contributed by atoms with Crippen molar-refractivity contribution < 1.29 is 9.26 Å². The van der Waals surface area contributed by atoms with E-state index in [4.69, 9.17) is 15.0 Å². The fourth-order valence-electron chi connectivity index (χ4n) is 2.16. The van der Waals surface area contributed by atoms with E-state index in [0.29, 0.717) is 24.4 Å². The second-order valence-electron chi connectivity index (χ2n) is 6.07. The Bertz CT molecular complexity index is 600. The van der Waals surface area contributed by atoms with Gasteiger partial charge in [0.05, 0.1) is 12.7 Å². The Hall–Kier alpha value is -1.72. The molecule has 21 heavy (non-hydrogen) atoms. The van der Waals surface area contributed by atoms with Gasteiger partial charge in [-0.3, -0.25) is 0 Å². The van der Waals surface area contributed by atoms with E-state index in [1.165, 1.54) is 12.0 Å². The summed E-state index contributed by atoms with van der Waals surface area (Å²) in [6, 6.07) is 7.96. The summed E-state index contributed by atoms with van der Waals surface area (Å²) in [5, 5.41) is 4.02. The molecule has 0 aliphatic heterocycles. The molecule has 0 amide bonds. The topological polar surface area (TPSA) is 74.2 Å². The molecule has 1 aromatic carbocycles. The lowest BCUT2D eigenvalue weighted by molar-refractivity contribution is -0.0222. The van der Waals surface area contributed by atoms with Gasteiger partial charge in [-0.2, -0.15) is 4.98 Å². The molecule has 1 aromatic heterocycles. The van der Waals surface area contributed by atoms with E-state index in [0.717, 1.165) is 18.4 Å². The second-order valence-corrected chi connectivity index (χ2v) is 6.07. The fourth-order valence-corrected chi connectivity index (χ4v) is 2.16. The van der Waals surface area contributed by atoms with Crippen LogP contribution in [0, 0.1) is 6.92 Å². The lowest BCUT2D eigenvalue weighted by Crippen LogP contribution is -2.41. The Morgan fingerprint density at radius 1 is 1.33 bits per heavy atom. The number of nitrogens with two attached hydrogens (primary N) is 1. The summed E-state index contributed by atoms with van der Waals surface area (Å²) in [7, 11) is 0. The highest BCUT2D eigenvalue weighted by Crippen LogP contribution is 2.26. The predicted octanol–water partition coefficient (Wildman–Crippen LogP) is 2.79. The number of hydrogen-bond acceptors (Lipinski definition) is 5. The molecule has 0 radical (unpaired) electrons. The molecule has 0 bridgehead atoms. The quantitative estimate of drug-likeness (QED) is 0.915. The summed E-state index contributed by atoms with van der Waals surface area (Å²) >= 11 is 0. The number of aryl methyl sites for hydroxylation is 1. The smallest absolute Gasteiger partial charge is 0.257 e. The van der Waals surface area contributed by atoms with Gasteiger partial charge < -0.3 is 15.0 Å². The lowest BCUT2D eigenvalue weighted by atomic mass is 9.95. The molecule has 5 nitrogen and oxygen atoms in total. The molecule has 1 aliphatic carbocycles. The second kappa shape index (κ2) is 5.58. The SMILES string of the molecule is Cc1ccc(-c2nc(C(C)(N)COC3CCC3)no2)cc1. The molecule has 3 rings (SSSR count). The van der Waals surface area contributed by atoms with Gasteiger partial charge in [-0.15, -0.1) is 0 Å². The van der Waals surface area contributed by atoms with Gasteiger partial charge in [-0.1, -0.05) is 22.9 Å². The van der Waals surface area contributed by atoms with Gasteiger partial charge in [0.1, 0.15) is 5.54 Å². The maximum absolute atomic E-state index is 6.27. The van der Waals surface area contributed by atoms with Crippen LogP contribution in [0.2, 0.25) is 0 Å². The van der Waals surface area contributed by atoms with Gasteiger partial charge in [-0.25, -0.2) is 0 Å². The van der Waals surface area contributed by atoms with Crippen molar-refractivity contribution in [2.24, 2.45) is 5.73 Å². The summed E-state index contributed by atoms with van der Waals surface area (Å²) in [6.07, 6.45) is 3.83. The maximum Gasteiger partial charge on any atom is 0.257 e. The van der Waals surface area contributed by atoms with Crippen LogP contribution in [0.15, 0.2) is 28.8 Å². The van der Waals surface area contributed by atoms with Crippen molar-refractivity contribution in [3.05, 3.63) is 35.7 Å². The Kier molecular flexibility index (Phi) is 3.78. The van der Waals surface area contributed by atoms with Crippen LogP contribution in [-0.2, 0) is 10.3 Å². The minimum atomic E-state index is -0.734. The average molecular weight is 287 g/mol. The van der Waals surface area contributed by atoms with Crippen molar-refractivity contribution in [1.82, 2.24) is 10.1 Å². The summed E-state index contributed by atoms with van der Waals surface area (Å²) in [5.41, 5.74) is 7.63. The van der Waals surface area contributed by atoms with Crippen molar-refractivity contribution in [2.45, 2.75) is 44.8 Å². The molecule has 112 valence electrons. The minimum Gasteiger partial charge on any atom is -0.376 e. The van der Waals surface area contributed by atoms with Gasteiger partial charge >= 0.3 is 0 Å². The molecular formula is C16H21N3O2. The normalized spacial score (nSPS) is 18.2. The van der Waals surface area contributed by atoms with Crippen LogP contribution in [-0.4, -0.2) is 22.9 Å². The van der Waals surface area contributed by atoms with Crippen molar-refractivity contribution in [3.8, 4) is 11.5 Å². The Balaban J connectivity index is 1.71. The van der Waals surface area contributed by atoms with Crippen LogP contribution in [0.5, 0.6) is 0 Å². The minimum absolute atomic E-state index is 0.344. The molecule has 1 aliphatic rings. The Morgan fingerprint density at radius 3 is 2.67 bits per heavy atom. The first-order chi connectivity index (χ1) is 10.0. The third kappa shape index (κ3) is 3.14. The molecule has 1 unspecified atom stereocenters. The molecule has 1 saturated carbocycles. The van der Waals surface area contributed by atoms with Crippen LogP contribution in [0.1, 0.15) is 37.6 Å². The molecule has 2 N–H and O–H groups in total.